The van der Waals surface area contributed by atoms with E-state index in [9.17, 15) is 21.2 Å². The largest absolute Gasteiger partial charge is 0.266 e. The number of hydrogen-bond acceptors (Lipinski definition) is 4. The molecule has 9 heteroatoms. The van der Waals surface area contributed by atoms with Crippen molar-refractivity contribution < 1.29 is 21.2 Å². The van der Waals surface area contributed by atoms with Crippen LogP contribution in [0.15, 0.2) is 58.3 Å². The van der Waals surface area contributed by atoms with E-state index in [4.69, 9.17) is 0 Å². The Labute approximate surface area is 134 Å². The smallest absolute Gasteiger partial charge is 0.264 e. The Morgan fingerprint density at radius 1 is 0.957 bits per heavy atom. The number of hydrogen-bond donors (Lipinski definition) is 1. The van der Waals surface area contributed by atoms with E-state index in [1.54, 1.807) is 0 Å². The second kappa shape index (κ2) is 6.26. The molecular weight excluding hydrogens is 343 g/mol. The van der Waals surface area contributed by atoms with Gasteiger partial charge in [0.25, 0.3) is 10.0 Å². The first-order valence-corrected chi connectivity index (χ1v) is 9.39. The summed E-state index contributed by atoms with van der Waals surface area (Å²) in [5.41, 5.74) is -0.130. The second-order valence-corrected chi connectivity index (χ2v) is 8.46. The van der Waals surface area contributed by atoms with Crippen LogP contribution in [-0.4, -0.2) is 30.9 Å². The molecule has 23 heavy (non-hydrogen) atoms. The topological polar surface area (TPSA) is 83.5 Å². The van der Waals surface area contributed by atoms with Crippen LogP contribution < -0.4 is 9.03 Å². The predicted molar refractivity (Wildman–Crippen MR) is 84.7 cm³/mol. The summed E-state index contributed by atoms with van der Waals surface area (Å²) < 4.78 is 65.5. The maximum absolute atomic E-state index is 13.8. The molecule has 0 heterocycles. The normalized spacial score (nSPS) is 12.1. The van der Waals surface area contributed by atoms with E-state index in [2.05, 4.69) is 4.72 Å². The number of benzene rings is 2. The van der Waals surface area contributed by atoms with Crippen molar-refractivity contribution >= 4 is 25.7 Å². The van der Waals surface area contributed by atoms with Crippen LogP contribution in [0, 0.1) is 5.82 Å². The third kappa shape index (κ3) is 3.36. The van der Waals surface area contributed by atoms with Crippen molar-refractivity contribution in [3.05, 3.63) is 54.3 Å². The quantitative estimate of drug-likeness (QED) is 0.879. The van der Waals surface area contributed by atoms with Gasteiger partial charge in [0, 0.05) is 7.05 Å². The van der Waals surface area contributed by atoms with Crippen LogP contribution in [0.2, 0.25) is 0 Å². The van der Waals surface area contributed by atoms with Crippen LogP contribution in [0.4, 0.5) is 10.1 Å². The van der Waals surface area contributed by atoms with Crippen LogP contribution in [0.5, 0.6) is 0 Å². The first-order valence-electron chi connectivity index (χ1n) is 6.47. The van der Waals surface area contributed by atoms with Crippen LogP contribution in [0.1, 0.15) is 0 Å². The highest BCUT2D eigenvalue weighted by Crippen LogP contribution is 2.25. The lowest BCUT2D eigenvalue weighted by atomic mass is 10.3. The first-order chi connectivity index (χ1) is 10.7. The summed E-state index contributed by atoms with van der Waals surface area (Å²) in [5.74, 6) is -0.697. The number of anilines is 1. The molecule has 6 nitrogen and oxygen atoms in total. The molecule has 0 saturated heterocycles. The first kappa shape index (κ1) is 17.4. The number of rotatable bonds is 5. The summed E-state index contributed by atoms with van der Waals surface area (Å²) in [6, 6.07) is 10.3. The maximum Gasteiger partial charge on any atom is 0.264 e. The van der Waals surface area contributed by atoms with Gasteiger partial charge in [-0.25, -0.2) is 25.9 Å². The summed E-state index contributed by atoms with van der Waals surface area (Å²) in [4.78, 5) is -0.442. The monoisotopic (exact) mass is 358 g/mol. The average molecular weight is 358 g/mol. The lowest BCUT2D eigenvalue weighted by Gasteiger charge is -2.20. The summed E-state index contributed by atoms with van der Waals surface area (Å²) in [7, 11) is -5.47. The molecule has 0 atom stereocenters. The van der Waals surface area contributed by atoms with Gasteiger partial charge in [-0.2, -0.15) is 0 Å². The van der Waals surface area contributed by atoms with Gasteiger partial charge in [-0.3, -0.25) is 4.31 Å². The SMILES string of the molecule is CNS(=O)(=O)c1cccc(S(=O)(=O)N(C)c2ccccc2F)c1. The van der Waals surface area contributed by atoms with Gasteiger partial charge in [-0.05, 0) is 37.4 Å². The Bertz CT molecular complexity index is 927. The zero-order valence-electron chi connectivity index (χ0n) is 12.4. The zero-order valence-corrected chi connectivity index (χ0v) is 14.0. The number of nitrogens with one attached hydrogen (secondary N) is 1. The predicted octanol–water partition coefficient (Wildman–Crippen LogP) is 1.56. The minimum absolute atomic E-state index is 0.130. The fraction of sp³-hybridized carbons (Fsp3) is 0.143. The van der Waals surface area contributed by atoms with E-state index in [0.29, 0.717) is 0 Å². The van der Waals surface area contributed by atoms with Crippen LogP contribution >= 0.6 is 0 Å². The second-order valence-electron chi connectivity index (χ2n) is 4.61. The zero-order chi connectivity index (χ0) is 17.3. The van der Waals surface area contributed by atoms with Crippen molar-refractivity contribution in [3.8, 4) is 0 Å². The van der Waals surface area contributed by atoms with Gasteiger partial charge < -0.3 is 0 Å². The molecule has 2 aromatic rings. The molecule has 124 valence electrons. The molecule has 0 aliphatic heterocycles. The molecule has 0 aliphatic rings. The van der Waals surface area contributed by atoms with Crippen molar-refractivity contribution in [2.45, 2.75) is 9.79 Å². The molecule has 0 saturated carbocycles. The molecule has 1 N–H and O–H groups in total. The van der Waals surface area contributed by atoms with Gasteiger partial charge in [0.05, 0.1) is 15.5 Å². The lowest BCUT2D eigenvalue weighted by molar-refractivity contribution is 0.586. The van der Waals surface area contributed by atoms with E-state index in [0.717, 1.165) is 16.4 Å². The number of para-hydroxylation sites is 1. The van der Waals surface area contributed by atoms with Crippen LogP contribution in [0.3, 0.4) is 0 Å². The molecule has 0 spiro atoms. The summed E-state index contributed by atoms with van der Waals surface area (Å²) >= 11 is 0. The molecule has 0 unspecified atom stereocenters. The Morgan fingerprint density at radius 3 is 2.17 bits per heavy atom. The molecule has 0 bridgehead atoms. The van der Waals surface area contributed by atoms with Gasteiger partial charge in [0.15, 0.2) is 0 Å². The van der Waals surface area contributed by atoms with Gasteiger partial charge in [0.1, 0.15) is 5.82 Å². The van der Waals surface area contributed by atoms with Crippen LogP contribution in [0.25, 0.3) is 0 Å². The maximum atomic E-state index is 13.8. The van der Waals surface area contributed by atoms with Crippen molar-refractivity contribution in [2.75, 3.05) is 18.4 Å². The fourth-order valence-electron chi connectivity index (χ4n) is 1.91. The number of nitrogens with zero attached hydrogens (tertiary/aromatic N) is 1. The van der Waals surface area contributed by atoms with Crippen molar-refractivity contribution in [1.29, 1.82) is 0 Å². The minimum atomic E-state index is -4.10. The van der Waals surface area contributed by atoms with E-state index >= 15 is 0 Å². The summed E-state index contributed by atoms with van der Waals surface area (Å²) in [6.45, 7) is 0. The van der Waals surface area contributed by atoms with Crippen LogP contribution in [-0.2, 0) is 20.0 Å². The number of sulfonamides is 2. The lowest BCUT2D eigenvalue weighted by Crippen LogP contribution is -2.28. The fourth-order valence-corrected chi connectivity index (χ4v) is 4.01. The van der Waals surface area contributed by atoms with Gasteiger partial charge >= 0.3 is 0 Å². The molecule has 0 fully saturated rings. The third-order valence-corrected chi connectivity index (χ3v) is 6.41. The minimum Gasteiger partial charge on any atom is -0.266 e. The van der Waals surface area contributed by atoms with Gasteiger partial charge in [-0.1, -0.05) is 18.2 Å². The van der Waals surface area contributed by atoms with E-state index < -0.39 is 25.9 Å². The Kier molecular flexibility index (Phi) is 4.73. The standard InChI is InChI=1S/C14H15FN2O4S2/c1-16-22(18,19)11-6-5-7-12(10-11)23(20,21)17(2)14-9-4-3-8-13(14)15/h3-10,16H,1-2H3. The van der Waals surface area contributed by atoms with E-state index in [1.807, 2.05) is 0 Å². The summed E-state index contributed by atoms with van der Waals surface area (Å²) in [6.07, 6.45) is 0. The molecule has 0 aliphatic carbocycles. The number of halogens is 1. The molecule has 0 aromatic heterocycles. The van der Waals surface area contributed by atoms with Gasteiger partial charge in [-0.15, -0.1) is 0 Å². The highest BCUT2D eigenvalue weighted by molar-refractivity contribution is 7.93. The Balaban J connectivity index is 2.53. The molecule has 2 aromatic carbocycles. The van der Waals surface area contributed by atoms with E-state index in [1.165, 1.54) is 50.5 Å². The Morgan fingerprint density at radius 2 is 1.57 bits per heavy atom. The van der Waals surface area contributed by atoms with E-state index in [-0.39, 0.29) is 15.5 Å². The third-order valence-electron chi connectivity index (χ3n) is 3.23. The molecule has 0 radical (unpaired) electrons. The summed E-state index contributed by atoms with van der Waals surface area (Å²) in [5, 5.41) is 0. The van der Waals surface area contributed by atoms with Gasteiger partial charge in [0.2, 0.25) is 10.0 Å². The highest BCUT2D eigenvalue weighted by atomic mass is 32.2. The molecule has 2 rings (SSSR count). The average Bonchev–Trinajstić information content (AvgIpc) is 2.54. The molecular formula is C14H15FN2O4S2. The Hall–Kier alpha value is -1.97. The van der Waals surface area contributed by atoms with Crippen molar-refractivity contribution in [1.82, 2.24) is 4.72 Å². The molecule has 0 amide bonds. The van der Waals surface area contributed by atoms with Crippen molar-refractivity contribution in [3.63, 3.8) is 0 Å². The van der Waals surface area contributed by atoms with Crippen molar-refractivity contribution in [2.24, 2.45) is 0 Å². The highest BCUT2D eigenvalue weighted by Gasteiger charge is 2.25.